The molecule has 3 aliphatic carbocycles. The maximum absolute atomic E-state index is 2.34. The largest absolute Gasteiger partial charge is 0.0625 e. The van der Waals surface area contributed by atoms with Gasteiger partial charge in [-0.3, -0.25) is 0 Å². The predicted molar refractivity (Wildman–Crippen MR) is 110 cm³/mol. The van der Waals surface area contributed by atoms with Gasteiger partial charge in [0, 0.05) is 37.3 Å². The molecule has 0 atom stereocenters. The van der Waals surface area contributed by atoms with E-state index in [0.717, 1.165) is 35.5 Å². The van der Waals surface area contributed by atoms with Gasteiger partial charge in [0.05, 0.1) is 0 Å². The number of rotatable bonds is 3. The van der Waals surface area contributed by atoms with Crippen LogP contribution in [0, 0.1) is 72.8 Å². The Morgan fingerprint density at radius 3 is 0.640 bits per heavy atom. The van der Waals surface area contributed by atoms with E-state index in [0.29, 0.717) is 0 Å². The maximum Gasteiger partial charge on any atom is 0 e. The predicted octanol–water partition coefficient (Wildman–Crippen LogP) is 8.50. The molecule has 0 bridgehead atoms. The average molecular weight is 504 g/mol. The van der Waals surface area contributed by atoms with E-state index in [9.17, 15) is 0 Å². The Morgan fingerprint density at radius 1 is 0.400 bits per heavy atom. The first-order valence-corrected chi connectivity index (χ1v) is 11.4. The molecule has 3 fully saturated rings. The summed E-state index contributed by atoms with van der Waals surface area (Å²) in [6, 6.07) is 0. The van der Waals surface area contributed by atoms with Crippen LogP contribution < -0.4 is 0 Å². The van der Waals surface area contributed by atoms with E-state index in [4.69, 9.17) is 0 Å². The molecule has 0 unspecified atom stereocenters. The van der Waals surface area contributed by atoms with Gasteiger partial charge in [0.25, 0.3) is 0 Å². The third-order valence-electron chi connectivity index (χ3n) is 7.03. The molecule has 1 heteroatoms. The van der Waals surface area contributed by atoms with Crippen molar-refractivity contribution in [2.45, 2.75) is 119 Å². The Kier molecular flexibility index (Phi) is 16.0. The van der Waals surface area contributed by atoms with Crippen LogP contribution in [0.3, 0.4) is 0 Å². The van der Waals surface area contributed by atoms with Gasteiger partial charge in [0.2, 0.25) is 0 Å². The first-order valence-electron chi connectivity index (χ1n) is 11.4. The molecule has 3 rings (SSSR count). The van der Waals surface area contributed by atoms with Crippen LogP contribution in [-0.2, 0) is 0 Å². The monoisotopic (exact) mass is 502 g/mol. The third-order valence-corrected chi connectivity index (χ3v) is 7.03. The minimum absolute atomic E-state index is 0. The average Bonchev–Trinajstić information content (AvgIpc) is 3.29. The molecular weight excluding hydrogens is 456 g/mol. The zero-order valence-corrected chi connectivity index (χ0v) is 20.1. The quantitative estimate of drug-likeness (QED) is 0.362. The van der Waals surface area contributed by atoms with Gasteiger partial charge in [-0.15, -0.1) is 0 Å². The molecule has 0 saturated heterocycles. The van der Waals surface area contributed by atoms with E-state index in [2.05, 4.69) is 41.5 Å². The van der Waals surface area contributed by atoms with Gasteiger partial charge in [0.1, 0.15) is 0 Å². The van der Waals surface area contributed by atoms with E-state index < -0.39 is 0 Å². The summed E-state index contributed by atoms with van der Waals surface area (Å²) in [5.41, 5.74) is 0. The summed E-state index contributed by atoms with van der Waals surface area (Å²) < 4.78 is 0. The van der Waals surface area contributed by atoms with Gasteiger partial charge in [-0.05, 0) is 35.5 Å². The molecule has 0 spiro atoms. The van der Waals surface area contributed by atoms with E-state index in [1.807, 2.05) is 0 Å². The Bertz CT molecular complexity index is 229. The summed E-state index contributed by atoms with van der Waals surface area (Å²) in [5, 5.41) is 0. The van der Waals surface area contributed by atoms with Crippen molar-refractivity contribution >= 4 is 0 Å². The van der Waals surface area contributed by atoms with Crippen molar-refractivity contribution in [2.24, 2.45) is 35.5 Å². The normalized spacial score (nSPS) is 22.0. The van der Waals surface area contributed by atoms with Crippen LogP contribution in [0.4, 0.5) is 0 Å². The topological polar surface area (TPSA) is 0 Å². The third kappa shape index (κ3) is 11.6. The number of hydrogen-bond donors (Lipinski definition) is 0. The summed E-state index contributed by atoms with van der Waals surface area (Å²) in [6.45, 7) is 14.1. The zero-order valence-electron chi connectivity index (χ0n) is 18.2. The molecule has 3 aliphatic rings. The summed E-state index contributed by atoms with van der Waals surface area (Å²) in [6.07, 6.45) is 17.9. The van der Waals surface area contributed by atoms with E-state index >= 15 is 0 Å². The molecule has 0 amide bonds. The van der Waals surface area contributed by atoms with Crippen LogP contribution in [0.25, 0.3) is 0 Å². The molecule has 156 valence electrons. The molecule has 0 aliphatic heterocycles. The second-order valence-electron chi connectivity index (χ2n) is 9.87. The van der Waals surface area contributed by atoms with Crippen molar-refractivity contribution in [2.75, 3.05) is 0 Å². The Balaban J connectivity index is 0.000000339. The fourth-order valence-corrected chi connectivity index (χ4v) is 4.87. The first kappa shape index (κ1) is 26.2. The molecule has 0 aromatic rings. The zero-order chi connectivity index (χ0) is 17.9. The molecular formula is C24H48Er. The SMILES string of the molecule is CC(C)C1CCCC1.CC(C)C1CCCC1.CC(C)C1CCCC1.[Er]. The maximum atomic E-state index is 2.34. The Morgan fingerprint density at radius 2 is 0.560 bits per heavy atom. The van der Waals surface area contributed by atoms with Crippen molar-refractivity contribution in [3.05, 3.63) is 0 Å². The van der Waals surface area contributed by atoms with Gasteiger partial charge < -0.3 is 0 Å². The van der Waals surface area contributed by atoms with Crippen molar-refractivity contribution in [3.8, 4) is 0 Å². The molecule has 0 radical (unpaired) electrons. The van der Waals surface area contributed by atoms with Gasteiger partial charge in [-0.1, -0.05) is 119 Å². The fourth-order valence-electron chi connectivity index (χ4n) is 4.87. The van der Waals surface area contributed by atoms with Gasteiger partial charge in [-0.25, -0.2) is 0 Å². The summed E-state index contributed by atoms with van der Waals surface area (Å²) in [4.78, 5) is 0. The van der Waals surface area contributed by atoms with Crippen molar-refractivity contribution in [1.82, 2.24) is 0 Å². The first-order chi connectivity index (χ1) is 11.4. The second-order valence-corrected chi connectivity index (χ2v) is 9.87. The molecule has 0 N–H and O–H groups in total. The van der Waals surface area contributed by atoms with Gasteiger partial charge >= 0.3 is 0 Å². The van der Waals surface area contributed by atoms with Crippen LogP contribution in [0.5, 0.6) is 0 Å². The van der Waals surface area contributed by atoms with Crippen molar-refractivity contribution in [3.63, 3.8) is 0 Å². The van der Waals surface area contributed by atoms with Gasteiger partial charge in [-0.2, -0.15) is 0 Å². The minimum atomic E-state index is 0. The van der Waals surface area contributed by atoms with Crippen LogP contribution >= 0.6 is 0 Å². The molecule has 3 saturated carbocycles. The number of hydrogen-bond acceptors (Lipinski definition) is 0. The fraction of sp³-hybridized carbons (Fsp3) is 1.00. The molecule has 25 heavy (non-hydrogen) atoms. The second kappa shape index (κ2) is 15.2. The van der Waals surface area contributed by atoms with Crippen LogP contribution in [0.2, 0.25) is 0 Å². The van der Waals surface area contributed by atoms with Crippen LogP contribution in [-0.4, -0.2) is 0 Å². The Hall–Kier alpha value is 1.25. The summed E-state index contributed by atoms with van der Waals surface area (Å²) in [7, 11) is 0. The van der Waals surface area contributed by atoms with Crippen molar-refractivity contribution in [1.29, 1.82) is 0 Å². The van der Waals surface area contributed by atoms with E-state index in [1.54, 1.807) is 0 Å². The summed E-state index contributed by atoms with van der Waals surface area (Å²) >= 11 is 0. The summed E-state index contributed by atoms with van der Waals surface area (Å²) in [5.74, 6) is 6.02. The van der Waals surface area contributed by atoms with E-state index in [-0.39, 0.29) is 37.3 Å². The molecule has 0 nitrogen and oxygen atoms in total. The van der Waals surface area contributed by atoms with E-state index in [1.165, 1.54) is 77.0 Å². The molecule has 0 aromatic carbocycles. The standard InChI is InChI=1S/3C8H16.Er/c3*1-7(2)8-5-3-4-6-8;/h3*7-8H,3-6H2,1-2H3;. The minimum Gasteiger partial charge on any atom is -0.0625 e. The molecule has 0 aromatic heterocycles. The van der Waals surface area contributed by atoms with Crippen molar-refractivity contribution < 1.29 is 37.3 Å². The molecule has 0 heterocycles. The van der Waals surface area contributed by atoms with Crippen LogP contribution in [0.1, 0.15) is 119 Å². The Labute approximate surface area is 190 Å². The smallest absolute Gasteiger partial charge is 0 e. The van der Waals surface area contributed by atoms with Crippen LogP contribution in [0.15, 0.2) is 0 Å². The van der Waals surface area contributed by atoms with Gasteiger partial charge in [0.15, 0.2) is 0 Å².